The van der Waals surface area contributed by atoms with E-state index in [4.69, 9.17) is 9.47 Å². The molecule has 0 radical (unpaired) electrons. The normalized spacial score (nSPS) is 20.7. The number of rotatable bonds is 7. The van der Waals surface area contributed by atoms with Gasteiger partial charge in [-0.15, -0.1) is 0 Å². The van der Waals surface area contributed by atoms with Crippen LogP contribution in [0.1, 0.15) is 19.8 Å². The molecule has 1 heterocycles. The number of carbonyl (C=O) groups is 1. The largest absolute Gasteiger partial charge is 0.497 e. The molecule has 1 aliphatic heterocycles. The molecule has 0 aliphatic carbocycles. The maximum Gasteiger partial charge on any atom is 0.236 e. The van der Waals surface area contributed by atoms with Gasteiger partial charge in [0, 0.05) is 20.2 Å². The summed E-state index contributed by atoms with van der Waals surface area (Å²) in [6.07, 6.45) is 5.97. The smallest absolute Gasteiger partial charge is 0.236 e. The van der Waals surface area contributed by atoms with E-state index in [-0.39, 0.29) is 18.1 Å². The van der Waals surface area contributed by atoms with Crippen LogP contribution in [0.5, 0.6) is 0 Å². The fourth-order valence-corrected chi connectivity index (χ4v) is 1.57. The van der Waals surface area contributed by atoms with Gasteiger partial charge < -0.3 is 20.1 Å². The number of ether oxygens (including phenoxy) is 2. The van der Waals surface area contributed by atoms with Crippen LogP contribution in [0.15, 0.2) is 12.3 Å². The number of nitrogens with one attached hydrogen (secondary N) is 2. The first kappa shape index (κ1) is 14.0. The second-order valence-corrected chi connectivity index (χ2v) is 4.12. The molecule has 0 fully saturated rings. The van der Waals surface area contributed by atoms with Crippen molar-refractivity contribution in [2.24, 2.45) is 0 Å². The van der Waals surface area contributed by atoms with Gasteiger partial charge in [0.2, 0.25) is 5.91 Å². The zero-order valence-electron chi connectivity index (χ0n) is 10.6. The molecule has 0 spiro atoms. The number of carbonyl (C=O) groups excluding carboxylic acids is 1. The van der Waals surface area contributed by atoms with Crippen molar-refractivity contribution in [1.29, 1.82) is 0 Å². The van der Waals surface area contributed by atoms with Gasteiger partial charge in [-0.05, 0) is 25.8 Å². The van der Waals surface area contributed by atoms with Crippen LogP contribution in [-0.4, -0.2) is 44.9 Å². The number of hydrogen-bond donors (Lipinski definition) is 2. The molecule has 1 rings (SSSR count). The molecule has 17 heavy (non-hydrogen) atoms. The SMILES string of the molecule is COCCNC(=O)C(C)NCC1CCC=CO1. The topological polar surface area (TPSA) is 59.6 Å². The Morgan fingerprint density at radius 2 is 2.47 bits per heavy atom. The van der Waals surface area contributed by atoms with E-state index in [1.165, 1.54) is 0 Å². The zero-order valence-corrected chi connectivity index (χ0v) is 10.6. The lowest BCUT2D eigenvalue weighted by atomic mass is 10.1. The minimum absolute atomic E-state index is 0.00611. The minimum Gasteiger partial charge on any atom is -0.497 e. The van der Waals surface area contributed by atoms with E-state index in [1.807, 2.05) is 13.0 Å². The highest BCUT2D eigenvalue weighted by atomic mass is 16.5. The van der Waals surface area contributed by atoms with E-state index < -0.39 is 0 Å². The fourth-order valence-electron chi connectivity index (χ4n) is 1.57. The molecule has 0 bridgehead atoms. The number of amides is 1. The Balaban J connectivity index is 2.12. The van der Waals surface area contributed by atoms with Crippen LogP contribution in [0.4, 0.5) is 0 Å². The minimum atomic E-state index is -0.207. The van der Waals surface area contributed by atoms with Crippen molar-refractivity contribution in [3.8, 4) is 0 Å². The highest BCUT2D eigenvalue weighted by Gasteiger charge is 2.15. The van der Waals surface area contributed by atoms with Crippen LogP contribution in [0.3, 0.4) is 0 Å². The molecule has 1 aliphatic rings. The summed E-state index contributed by atoms with van der Waals surface area (Å²) in [5, 5.41) is 5.96. The summed E-state index contributed by atoms with van der Waals surface area (Å²) in [4.78, 5) is 11.6. The van der Waals surface area contributed by atoms with E-state index >= 15 is 0 Å². The van der Waals surface area contributed by atoms with E-state index in [9.17, 15) is 4.79 Å². The lowest BCUT2D eigenvalue weighted by Crippen LogP contribution is -2.45. The molecule has 0 aromatic carbocycles. The van der Waals surface area contributed by atoms with Gasteiger partial charge in [-0.25, -0.2) is 0 Å². The maximum absolute atomic E-state index is 11.6. The predicted molar refractivity (Wildman–Crippen MR) is 65.6 cm³/mol. The number of hydrogen-bond acceptors (Lipinski definition) is 4. The second kappa shape index (κ2) is 8.08. The van der Waals surface area contributed by atoms with Crippen molar-refractivity contribution in [1.82, 2.24) is 10.6 Å². The lowest BCUT2D eigenvalue weighted by Gasteiger charge is -2.22. The first-order valence-electron chi connectivity index (χ1n) is 6.04. The summed E-state index contributed by atoms with van der Waals surface area (Å²) >= 11 is 0. The summed E-state index contributed by atoms with van der Waals surface area (Å²) < 4.78 is 10.3. The molecule has 5 nitrogen and oxygen atoms in total. The molecule has 2 unspecified atom stereocenters. The zero-order chi connectivity index (χ0) is 12.5. The van der Waals surface area contributed by atoms with Gasteiger partial charge in [0.15, 0.2) is 0 Å². The van der Waals surface area contributed by atoms with Crippen molar-refractivity contribution in [2.75, 3.05) is 26.8 Å². The van der Waals surface area contributed by atoms with Crippen LogP contribution in [0, 0.1) is 0 Å². The Hall–Kier alpha value is -1.07. The van der Waals surface area contributed by atoms with Gasteiger partial charge in [0.25, 0.3) is 0 Å². The third-order valence-corrected chi connectivity index (χ3v) is 2.67. The summed E-state index contributed by atoms with van der Waals surface area (Å²) in [6.45, 7) is 3.63. The van der Waals surface area contributed by atoms with Crippen molar-refractivity contribution in [3.63, 3.8) is 0 Å². The van der Waals surface area contributed by atoms with Crippen LogP contribution in [0.2, 0.25) is 0 Å². The summed E-state index contributed by atoms with van der Waals surface area (Å²) in [5.41, 5.74) is 0. The molecular weight excluding hydrogens is 220 g/mol. The van der Waals surface area contributed by atoms with Crippen molar-refractivity contribution < 1.29 is 14.3 Å². The highest BCUT2D eigenvalue weighted by molar-refractivity contribution is 5.81. The molecule has 5 heteroatoms. The summed E-state index contributed by atoms with van der Waals surface area (Å²) in [5.74, 6) is -0.00611. The Kier molecular flexibility index (Phi) is 6.65. The Morgan fingerprint density at radius 1 is 1.65 bits per heavy atom. The Bertz CT molecular complexity index is 256. The first-order chi connectivity index (χ1) is 8.24. The van der Waals surface area contributed by atoms with Gasteiger partial charge in [-0.2, -0.15) is 0 Å². The number of allylic oxidation sites excluding steroid dienone is 1. The number of methoxy groups -OCH3 is 1. The van der Waals surface area contributed by atoms with Crippen molar-refractivity contribution in [3.05, 3.63) is 12.3 Å². The molecule has 0 aromatic rings. The Labute approximate surface area is 103 Å². The third-order valence-electron chi connectivity index (χ3n) is 2.67. The van der Waals surface area contributed by atoms with Crippen LogP contribution in [0.25, 0.3) is 0 Å². The van der Waals surface area contributed by atoms with Crippen molar-refractivity contribution in [2.45, 2.75) is 31.9 Å². The Morgan fingerprint density at radius 3 is 3.12 bits per heavy atom. The molecular formula is C12H22N2O3. The molecule has 0 saturated heterocycles. The van der Waals surface area contributed by atoms with Crippen LogP contribution in [-0.2, 0) is 14.3 Å². The lowest BCUT2D eigenvalue weighted by molar-refractivity contribution is -0.123. The van der Waals surface area contributed by atoms with E-state index in [0.717, 1.165) is 12.8 Å². The molecule has 2 N–H and O–H groups in total. The molecule has 0 saturated carbocycles. The maximum atomic E-state index is 11.6. The monoisotopic (exact) mass is 242 g/mol. The van der Waals surface area contributed by atoms with Gasteiger partial charge >= 0.3 is 0 Å². The molecule has 1 amide bonds. The predicted octanol–water partition coefficient (Wildman–Crippen LogP) is 0.420. The molecule has 98 valence electrons. The quantitative estimate of drug-likeness (QED) is 0.635. The molecule has 0 aromatic heterocycles. The van der Waals surface area contributed by atoms with Gasteiger partial charge in [0.1, 0.15) is 6.10 Å². The molecule has 2 atom stereocenters. The van der Waals surface area contributed by atoms with Gasteiger partial charge in [-0.1, -0.05) is 0 Å². The van der Waals surface area contributed by atoms with E-state index in [1.54, 1.807) is 13.4 Å². The fraction of sp³-hybridized carbons (Fsp3) is 0.750. The highest BCUT2D eigenvalue weighted by Crippen LogP contribution is 2.09. The third kappa shape index (κ3) is 5.70. The first-order valence-corrected chi connectivity index (χ1v) is 6.04. The average Bonchev–Trinajstić information content (AvgIpc) is 2.37. The van der Waals surface area contributed by atoms with Crippen LogP contribution < -0.4 is 10.6 Å². The second-order valence-electron chi connectivity index (χ2n) is 4.12. The van der Waals surface area contributed by atoms with E-state index in [2.05, 4.69) is 10.6 Å². The van der Waals surface area contributed by atoms with Gasteiger partial charge in [-0.3, -0.25) is 4.79 Å². The van der Waals surface area contributed by atoms with E-state index in [0.29, 0.717) is 19.7 Å². The summed E-state index contributed by atoms with van der Waals surface area (Å²) in [7, 11) is 1.61. The standard InChI is InChI=1S/C12H22N2O3/c1-10(12(15)13-6-8-16-2)14-9-11-5-3-4-7-17-11/h4,7,10-11,14H,3,5-6,8-9H2,1-2H3,(H,13,15). The van der Waals surface area contributed by atoms with Crippen molar-refractivity contribution >= 4 is 5.91 Å². The summed E-state index contributed by atoms with van der Waals surface area (Å²) in [6, 6.07) is -0.207. The van der Waals surface area contributed by atoms with Gasteiger partial charge in [0.05, 0.1) is 18.9 Å². The average molecular weight is 242 g/mol. The van der Waals surface area contributed by atoms with Crippen LogP contribution >= 0.6 is 0 Å².